The first kappa shape index (κ1) is 21.2. The molecule has 1 aliphatic rings. The number of rotatable bonds is 6. The van der Waals surface area contributed by atoms with Crippen LogP contribution in [0.1, 0.15) is 49.5 Å². The molecule has 0 unspecified atom stereocenters. The molecule has 29 heavy (non-hydrogen) atoms. The molecular weight excluding hydrogens is 388 g/mol. The molecule has 0 saturated carbocycles. The summed E-state index contributed by atoms with van der Waals surface area (Å²) >= 11 is 0. The molecule has 0 aliphatic carbocycles. The van der Waals surface area contributed by atoms with Crippen LogP contribution >= 0.6 is 0 Å². The normalized spacial score (nSPS) is 19.7. The Hall–Kier alpha value is -2.53. The number of hydrogen-bond donors (Lipinski definition) is 2. The predicted molar refractivity (Wildman–Crippen MR) is 99.2 cm³/mol. The van der Waals surface area contributed by atoms with Crippen molar-refractivity contribution in [3.8, 4) is 5.88 Å². The lowest BCUT2D eigenvalue weighted by molar-refractivity contribution is 0.0792. The highest BCUT2D eigenvalue weighted by Gasteiger charge is 2.30. The molecule has 2 N–H and O–H groups in total. The number of aliphatic hydroxyl groups is 1. The van der Waals surface area contributed by atoms with Gasteiger partial charge in [-0.15, -0.1) is 5.10 Å². The summed E-state index contributed by atoms with van der Waals surface area (Å²) in [5, 5.41) is 21.0. The third-order valence-electron chi connectivity index (χ3n) is 4.36. The van der Waals surface area contributed by atoms with E-state index in [-0.39, 0.29) is 24.3 Å². The lowest BCUT2D eigenvalue weighted by atomic mass is 10.1. The number of amides is 1. The van der Waals surface area contributed by atoms with Gasteiger partial charge in [0.1, 0.15) is 17.6 Å². The molecule has 9 nitrogen and oxygen atoms in total. The molecule has 2 atom stereocenters. The molecule has 0 spiro atoms. The summed E-state index contributed by atoms with van der Waals surface area (Å²) in [7, 11) is 1.52. The van der Waals surface area contributed by atoms with Gasteiger partial charge >= 0.3 is 0 Å². The van der Waals surface area contributed by atoms with Gasteiger partial charge in [0.2, 0.25) is 5.88 Å². The Morgan fingerprint density at radius 2 is 2.14 bits per heavy atom. The van der Waals surface area contributed by atoms with Crippen molar-refractivity contribution in [2.24, 2.45) is 7.05 Å². The third kappa shape index (κ3) is 4.91. The summed E-state index contributed by atoms with van der Waals surface area (Å²) in [5.41, 5.74) is 0.318. The van der Waals surface area contributed by atoms with E-state index in [4.69, 9.17) is 9.47 Å². The maximum Gasteiger partial charge on any atom is 0.275 e. The number of aromatic nitrogens is 4. The molecule has 0 aromatic carbocycles. The van der Waals surface area contributed by atoms with Crippen LogP contribution in [0.15, 0.2) is 12.1 Å². The molecule has 2 aromatic rings. The number of hydrogen-bond acceptors (Lipinski definition) is 6. The van der Waals surface area contributed by atoms with E-state index in [1.807, 2.05) is 20.8 Å². The topological polar surface area (TPSA) is 103 Å². The fraction of sp³-hybridized carbons (Fsp3) is 0.611. The van der Waals surface area contributed by atoms with Gasteiger partial charge in [0.05, 0.1) is 23.9 Å². The maximum atomic E-state index is 12.8. The van der Waals surface area contributed by atoms with Crippen molar-refractivity contribution in [3.05, 3.63) is 23.5 Å². The zero-order chi connectivity index (χ0) is 21.3. The number of nitrogens with zero attached hydrogens (tertiary/aromatic N) is 4. The third-order valence-corrected chi connectivity index (χ3v) is 4.36. The summed E-state index contributed by atoms with van der Waals surface area (Å²) in [6.45, 7) is 5.25. The highest BCUT2D eigenvalue weighted by molar-refractivity contribution is 6.02. The van der Waals surface area contributed by atoms with Crippen molar-refractivity contribution >= 4 is 11.7 Å². The summed E-state index contributed by atoms with van der Waals surface area (Å²) in [4.78, 5) is 12.8. The van der Waals surface area contributed by atoms with Gasteiger partial charge in [-0.25, -0.2) is 13.5 Å². The maximum absolute atomic E-state index is 12.8. The van der Waals surface area contributed by atoms with Crippen LogP contribution < -0.4 is 10.1 Å². The van der Waals surface area contributed by atoms with Crippen molar-refractivity contribution in [2.75, 3.05) is 18.5 Å². The van der Waals surface area contributed by atoms with Crippen LogP contribution in [0.3, 0.4) is 0 Å². The molecule has 0 bridgehead atoms. The van der Waals surface area contributed by atoms with Crippen LogP contribution in [0.4, 0.5) is 14.6 Å². The van der Waals surface area contributed by atoms with Gasteiger partial charge in [0, 0.05) is 25.6 Å². The first-order valence-electron chi connectivity index (χ1n) is 9.21. The fourth-order valence-corrected chi connectivity index (χ4v) is 3.03. The zero-order valence-corrected chi connectivity index (χ0v) is 16.7. The van der Waals surface area contributed by atoms with Crippen LogP contribution in [0.5, 0.6) is 5.88 Å². The average Bonchev–Trinajstić information content (AvgIpc) is 3.30. The Kier molecular flexibility index (Phi) is 5.90. The Labute approximate surface area is 166 Å². The number of anilines is 1. The number of ether oxygens (including phenoxy) is 2. The smallest absolute Gasteiger partial charge is 0.275 e. The van der Waals surface area contributed by atoms with E-state index in [2.05, 4.69) is 15.5 Å². The Balaban J connectivity index is 1.81. The summed E-state index contributed by atoms with van der Waals surface area (Å²) < 4.78 is 38.0. The molecule has 1 saturated heterocycles. The van der Waals surface area contributed by atoms with E-state index in [1.54, 1.807) is 10.7 Å². The number of carbonyl (C=O) groups excluding carboxylic acids is 1. The van der Waals surface area contributed by atoms with Gasteiger partial charge in [0.15, 0.2) is 6.61 Å². The summed E-state index contributed by atoms with van der Waals surface area (Å²) in [6, 6.07) is 3.00. The standard InChI is InChI=1S/C18H25F2N5O4/c1-18(2,3)25-15(6-11(22-25)13-5-10(26)8-28-13)21-17(27)12-7-16(23-24(12)4)29-9-14(19)20/h6-7,10,13-14,26H,5,8-9H2,1-4H3,(H,21,27)/t10-,13-/m1/s1. The largest absolute Gasteiger partial charge is 0.471 e. The monoisotopic (exact) mass is 413 g/mol. The predicted octanol–water partition coefficient (Wildman–Crippen LogP) is 2.09. The van der Waals surface area contributed by atoms with Crippen LogP contribution in [-0.2, 0) is 17.3 Å². The van der Waals surface area contributed by atoms with Crippen molar-refractivity contribution in [3.63, 3.8) is 0 Å². The van der Waals surface area contributed by atoms with Crippen molar-refractivity contribution in [1.82, 2.24) is 19.6 Å². The van der Waals surface area contributed by atoms with Crippen LogP contribution in [0, 0.1) is 0 Å². The molecule has 3 heterocycles. The van der Waals surface area contributed by atoms with Gasteiger partial charge in [-0.05, 0) is 20.8 Å². The molecule has 1 fully saturated rings. The van der Waals surface area contributed by atoms with Gasteiger partial charge in [-0.2, -0.15) is 5.10 Å². The van der Waals surface area contributed by atoms with Crippen LogP contribution in [-0.4, -0.2) is 56.3 Å². The van der Waals surface area contributed by atoms with E-state index < -0.39 is 30.6 Å². The lowest BCUT2D eigenvalue weighted by Gasteiger charge is -2.22. The quantitative estimate of drug-likeness (QED) is 0.752. The molecule has 3 rings (SSSR count). The second-order valence-corrected chi connectivity index (χ2v) is 7.90. The van der Waals surface area contributed by atoms with Crippen LogP contribution in [0.2, 0.25) is 0 Å². The van der Waals surface area contributed by atoms with Crippen LogP contribution in [0.25, 0.3) is 0 Å². The minimum atomic E-state index is -2.63. The highest BCUT2D eigenvalue weighted by Crippen LogP contribution is 2.32. The van der Waals surface area contributed by atoms with Crippen molar-refractivity contribution in [1.29, 1.82) is 0 Å². The molecule has 160 valence electrons. The number of aliphatic hydroxyl groups excluding tert-OH is 1. The number of nitrogens with one attached hydrogen (secondary N) is 1. The van der Waals surface area contributed by atoms with Gasteiger partial charge in [0.25, 0.3) is 12.3 Å². The lowest BCUT2D eigenvalue weighted by Crippen LogP contribution is -2.27. The van der Waals surface area contributed by atoms with E-state index in [0.717, 1.165) is 0 Å². The van der Waals surface area contributed by atoms with E-state index >= 15 is 0 Å². The van der Waals surface area contributed by atoms with Gasteiger partial charge < -0.3 is 19.9 Å². The summed E-state index contributed by atoms with van der Waals surface area (Å²) in [6.07, 6.45) is -3.10. The number of aryl methyl sites for hydroxylation is 1. The average molecular weight is 413 g/mol. The summed E-state index contributed by atoms with van der Waals surface area (Å²) in [5.74, 6) is -0.105. The Morgan fingerprint density at radius 1 is 1.41 bits per heavy atom. The van der Waals surface area contributed by atoms with E-state index in [9.17, 15) is 18.7 Å². The minimum absolute atomic E-state index is 0.0590. The zero-order valence-electron chi connectivity index (χ0n) is 16.7. The number of carbonyl (C=O) groups is 1. The fourth-order valence-electron chi connectivity index (χ4n) is 3.03. The molecule has 0 radical (unpaired) electrons. The Morgan fingerprint density at radius 3 is 2.72 bits per heavy atom. The first-order chi connectivity index (χ1) is 13.5. The second-order valence-electron chi connectivity index (χ2n) is 7.90. The molecular formula is C18H25F2N5O4. The SMILES string of the molecule is Cn1nc(OCC(F)F)cc1C(=O)Nc1cc([C@H]2C[C@@H](O)CO2)nn1C(C)(C)C. The minimum Gasteiger partial charge on any atom is -0.471 e. The van der Waals surface area contributed by atoms with E-state index in [0.29, 0.717) is 17.9 Å². The number of alkyl halides is 2. The molecule has 1 aliphatic heterocycles. The van der Waals surface area contributed by atoms with E-state index in [1.165, 1.54) is 17.8 Å². The Bertz CT molecular complexity index is 874. The number of halogens is 2. The molecule has 2 aromatic heterocycles. The van der Waals surface area contributed by atoms with Gasteiger partial charge in [-0.3, -0.25) is 9.48 Å². The van der Waals surface area contributed by atoms with Crippen molar-refractivity contribution in [2.45, 2.75) is 51.4 Å². The first-order valence-corrected chi connectivity index (χ1v) is 9.21. The van der Waals surface area contributed by atoms with Crippen molar-refractivity contribution < 1.29 is 28.2 Å². The molecule has 1 amide bonds. The second kappa shape index (κ2) is 8.07. The van der Waals surface area contributed by atoms with Gasteiger partial charge in [-0.1, -0.05) is 0 Å². The highest BCUT2D eigenvalue weighted by atomic mass is 19.3. The molecule has 11 heteroatoms.